The largest absolute Gasteiger partial charge is 0.345 e. The number of aryl methyl sites for hydroxylation is 3. The summed E-state index contributed by atoms with van der Waals surface area (Å²) in [4.78, 5) is 12.7. The number of nitrogens with zero attached hydrogens (tertiary/aromatic N) is 2. The molecule has 0 saturated carbocycles. The highest BCUT2D eigenvalue weighted by Crippen LogP contribution is 2.20. The highest BCUT2D eigenvalue weighted by Gasteiger charge is 2.21. The number of amides is 1. The van der Waals surface area contributed by atoms with Crippen LogP contribution in [0.3, 0.4) is 0 Å². The maximum atomic E-state index is 12.7. The van der Waals surface area contributed by atoms with Gasteiger partial charge in [-0.3, -0.25) is 9.48 Å². The lowest BCUT2D eigenvalue weighted by Crippen LogP contribution is -2.29. The lowest BCUT2D eigenvalue weighted by Gasteiger charge is -2.18. The number of carbonyl (C=O) groups is 1. The van der Waals surface area contributed by atoms with E-state index >= 15 is 0 Å². The second-order valence-electron chi connectivity index (χ2n) is 5.71. The number of rotatable bonds is 5. The Hall–Kier alpha value is -2.10. The predicted molar refractivity (Wildman–Crippen MR) is 89.1 cm³/mol. The maximum Gasteiger partial charge on any atom is 0.255 e. The minimum atomic E-state index is -0.0397. The molecule has 1 unspecified atom stereocenters. The molecule has 0 radical (unpaired) electrons. The second-order valence-corrected chi connectivity index (χ2v) is 5.71. The Morgan fingerprint density at radius 2 is 1.82 bits per heavy atom. The van der Waals surface area contributed by atoms with Crippen molar-refractivity contribution in [3.8, 4) is 0 Å². The predicted octanol–water partition coefficient (Wildman–Crippen LogP) is 3.71. The molecule has 1 heterocycles. The molecule has 4 heteroatoms. The fourth-order valence-corrected chi connectivity index (χ4v) is 2.78. The Bertz CT molecular complexity index is 656. The molecule has 1 amide bonds. The minimum Gasteiger partial charge on any atom is -0.345 e. The molecule has 1 aromatic heterocycles. The topological polar surface area (TPSA) is 46.9 Å². The number of nitrogens with one attached hydrogen (secondary N) is 1. The fourth-order valence-electron chi connectivity index (χ4n) is 2.78. The van der Waals surface area contributed by atoms with Crippen molar-refractivity contribution in [1.82, 2.24) is 15.1 Å². The lowest BCUT2D eigenvalue weighted by molar-refractivity contribution is 0.0934. The quantitative estimate of drug-likeness (QED) is 0.915. The Morgan fingerprint density at radius 3 is 2.32 bits per heavy atom. The van der Waals surface area contributed by atoms with Gasteiger partial charge in [-0.05, 0) is 39.7 Å². The molecule has 0 aliphatic carbocycles. The summed E-state index contributed by atoms with van der Waals surface area (Å²) in [6.07, 6.45) is 0.856. The lowest BCUT2D eigenvalue weighted by atomic mass is 10.0. The third kappa shape index (κ3) is 3.21. The molecule has 1 atom stereocenters. The number of benzene rings is 1. The van der Waals surface area contributed by atoms with Gasteiger partial charge in [-0.2, -0.15) is 5.10 Å². The summed E-state index contributed by atoms with van der Waals surface area (Å²) in [5, 5.41) is 7.57. The fraction of sp³-hybridized carbons (Fsp3) is 0.444. The molecular weight excluding hydrogens is 274 g/mol. The molecule has 0 aliphatic rings. The van der Waals surface area contributed by atoms with Gasteiger partial charge < -0.3 is 5.32 Å². The van der Waals surface area contributed by atoms with Crippen molar-refractivity contribution >= 4 is 5.91 Å². The Morgan fingerprint density at radius 1 is 1.18 bits per heavy atom. The third-order valence-electron chi connectivity index (χ3n) is 4.10. The Labute approximate surface area is 132 Å². The van der Waals surface area contributed by atoms with E-state index in [1.807, 2.05) is 25.5 Å². The molecule has 1 N–H and O–H groups in total. The van der Waals surface area contributed by atoms with E-state index in [2.05, 4.69) is 48.5 Å². The molecule has 0 fully saturated rings. The van der Waals surface area contributed by atoms with E-state index in [1.54, 1.807) is 0 Å². The van der Waals surface area contributed by atoms with Gasteiger partial charge >= 0.3 is 0 Å². The van der Waals surface area contributed by atoms with E-state index < -0.39 is 0 Å². The smallest absolute Gasteiger partial charge is 0.255 e. The van der Waals surface area contributed by atoms with Crippen LogP contribution in [0.25, 0.3) is 0 Å². The van der Waals surface area contributed by atoms with Gasteiger partial charge in [0.05, 0.1) is 17.3 Å². The van der Waals surface area contributed by atoms with Crippen LogP contribution in [0.5, 0.6) is 0 Å². The van der Waals surface area contributed by atoms with Gasteiger partial charge in [0, 0.05) is 12.2 Å². The summed E-state index contributed by atoms with van der Waals surface area (Å²) < 4.78 is 1.87. The first-order valence-electron chi connectivity index (χ1n) is 7.89. The molecule has 2 aromatic rings. The highest BCUT2D eigenvalue weighted by atomic mass is 16.1. The first kappa shape index (κ1) is 16.3. The summed E-state index contributed by atoms with van der Waals surface area (Å²) in [6, 6.07) is 8.35. The molecule has 4 nitrogen and oxygen atoms in total. The van der Waals surface area contributed by atoms with E-state index in [9.17, 15) is 4.79 Å². The second kappa shape index (κ2) is 6.77. The van der Waals surface area contributed by atoms with E-state index in [-0.39, 0.29) is 11.9 Å². The van der Waals surface area contributed by atoms with Gasteiger partial charge in [0.2, 0.25) is 0 Å². The van der Waals surface area contributed by atoms with Crippen molar-refractivity contribution in [2.45, 2.75) is 53.6 Å². The standard InChI is InChI=1S/C18H25N3O/c1-6-16(15-10-8-12(3)9-11-15)19-18(22)17-13(4)20-21(7-2)14(17)5/h8-11,16H,6-7H2,1-5H3,(H,19,22). The third-order valence-corrected chi connectivity index (χ3v) is 4.10. The molecule has 1 aromatic carbocycles. The van der Waals surface area contributed by atoms with Crippen LogP contribution >= 0.6 is 0 Å². The van der Waals surface area contributed by atoms with Gasteiger partial charge in [0.1, 0.15) is 0 Å². The molecular formula is C18H25N3O. The Balaban J connectivity index is 2.23. The zero-order chi connectivity index (χ0) is 16.3. The molecule has 0 saturated heterocycles. The molecule has 2 rings (SSSR count). The van der Waals surface area contributed by atoms with Gasteiger partial charge in [-0.25, -0.2) is 0 Å². The first-order chi connectivity index (χ1) is 10.5. The molecule has 118 valence electrons. The summed E-state index contributed by atoms with van der Waals surface area (Å²) >= 11 is 0. The summed E-state index contributed by atoms with van der Waals surface area (Å²) in [5.41, 5.74) is 4.78. The average molecular weight is 299 g/mol. The maximum absolute atomic E-state index is 12.7. The molecule has 22 heavy (non-hydrogen) atoms. The monoisotopic (exact) mass is 299 g/mol. The first-order valence-corrected chi connectivity index (χ1v) is 7.89. The normalized spacial score (nSPS) is 12.2. The van der Waals surface area contributed by atoms with Crippen molar-refractivity contribution in [2.24, 2.45) is 0 Å². The van der Waals surface area contributed by atoms with Crippen LogP contribution in [-0.2, 0) is 6.54 Å². The van der Waals surface area contributed by atoms with Gasteiger partial charge in [0.25, 0.3) is 5.91 Å². The van der Waals surface area contributed by atoms with Crippen LogP contribution in [-0.4, -0.2) is 15.7 Å². The summed E-state index contributed by atoms with van der Waals surface area (Å²) in [6.45, 7) is 10.8. The highest BCUT2D eigenvalue weighted by molar-refractivity contribution is 5.96. The number of hydrogen-bond donors (Lipinski definition) is 1. The minimum absolute atomic E-state index is 0.0249. The summed E-state index contributed by atoms with van der Waals surface area (Å²) in [7, 11) is 0. The molecule has 0 bridgehead atoms. The van der Waals surface area contributed by atoms with Gasteiger partial charge in [0.15, 0.2) is 0 Å². The molecule has 0 spiro atoms. The van der Waals surface area contributed by atoms with Crippen molar-refractivity contribution in [2.75, 3.05) is 0 Å². The number of hydrogen-bond acceptors (Lipinski definition) is 2. The van der Waals surface area contributed by atoms with Gasteiger partial charge in [-0.1, -0.05) is 36.8 Å². The van der Waals surface area contributed by atoms with Crippen molar-refractivity contribution < 1.29 is 4.79 Å². The van der Waals surface area contributed by atoms with Crippen LogP contribution < -0.4 is 5.32 Å². The van der Waals surface area contributed by atoms with Crippen molar-refractivity contribution in [3.63, 3.8) is 0 Å². The van der Waals surface area contributed by atoms with E-state index in [4.69, 9.17) is 0 Å². The van der Waals surface area contributed by atoms with Crippen molar-refractivity contribution in [1.29, 1.82) is 0 Å². The zero-order valence-electron chi connectivity index (χ0n) is 14.1. The van der Waals surface area contributed by atoms with E-state index in [1.165, 1.54) is 5.56 Å². The van der Waals surface area contributed by atoms with E-state index in [0.29, 0.717) is 5.56 Å². The Kier molecular flexibility index (Phi) is 5.01. The van der Waals surface area contributed by atoms with Crippen molar-refractivity contribution in [3.05, 3.63) is 52.3 Å². The average Bonchev–Trinajstić information content (AvgIpc) is 2.80. The number of carbonyl (C=O) groups excluding carboxylic acids is 1. The van der Waals surface area contributed by atoms with Crippen LogP contribution in [0.2, 0.25) is 0 Å². The van der Waals surface area contributed by atoms with Gasteiger partial charge in [-0.15, -0.1) is 0 Å². The summed E-state index contributed by atoms with van der Waals surface area (Å²) in [5.74, 6) is -0.0397. The number of aromatic nitrogens is 2. The zero-order valence-corrected chi connectivity index (χ0v) is 14.1. The van der Waals surface area contributed by atoms with E-state index in [0.717, 1.165) is 29.9 Å². The molecule has 0 aliphatic heterocycles. The SMILES string of the molecule is CCC(NC(=O)c1c(C)nn(CC)c1C)c1ccc(C)cc1. The van der Waals surface area contributed by atoms with Crippen LogP contribution in [0.15, 0.2) is 24.3 Å². The van der Waals surface area contributed by atoms with Crippen LogP contribution in [0, 0.1) is 20.8 Å². The van der Waals surface area contributed by atoms with Crippen LogP contribution in [0.1, 0.15) is 59.2 Å². The van der Waals surface area contributed by atoms with Crippen LogP contribution in [0.4, 0.5) is 0 Å².